The highest BCUT2D eigenvalue weighted by molar-refractivity contribution is 5.89. The number of anilines is 1. The van der Waals surface area contributed by atoms with Crippen molar-refractivity contribution in [3.63, 3.8) is 0 Å². The van der Waals surface area contributed by atoms with Gasteiger partial charge in [0, 0.05) is 6.42 Å². The highest BCUT2D eigenvalue weighted by atomic mass is 16.1. The Morgan fingerprint density at radius 3 is 2.61 bits per heavy atom. The van der Waals surface area contributed by atoms with E-state index >= 15 is 0 Å². The molecule has 0 fully saturated rings. The van der Waals surface area contributed by atoms with Gasteiger partial charge in [-0.3, -0.25) is 9.89 Å². The number of nitrogens with two attached hydrogens (primary N) is 2. The summed E-state index contributed by atoms with van der Waals surface area (Å²) in [6.07, 6.45) is 1.92. The molecule has 0 saturated heterocycles. The van der Waals surface area contributed by atoms with Crippen molar-refractivity contribution < 1.29 is 0 Å². The van der Waals surface area contributed by atoms with Gasteiger partial charge in [0.25, 0.3) is 5.56 Å². The third-order valence-corrected chi connectivity index (χ3v) is 4.93. The van der Waals surface area contributed by atoms with Crippen LogP contribution in [0.4, 0.5) is 5.95 Å². The van der Waals surface area contributed by atoms with Gasteiger partial charge in [0.2, 0.25) is 11.9 Å². The Bertz CT molecular complexity index is 1090. The largest absolute Gasteiger partial charge is 0.368 e. The molecule has 0 bridgehead atoms. The van der Waals surface area contributed by atoms with E-state index in [2.05, 4.69) is 44.3 Å². The van der Waals surface area contributed by atoms with Crippen LogP contribution in [0.2, 0.25) is 0 Å². The van der Waals surface area contributed by atoms with E-state index in [1.54, 1.807) is 5.01 Å². The number of aliphatic imine (C=N–C) groups is 2. The van der Waals surface area contributed by atoms with Crippen molar-refractivity contribution in [2.75, 3.05) is 5.73 Å². The molecular formula is C17H24N10O. The molecule has 2 aromatic rings. The van der Waals surface area contributed by atoms with Gasteiger partial charge in [-0.2, -0.15) is 4.98 Å². The normalized spacial score (nSPS) is 19.3. The average Bonchev–Trinajstić information content (AvgIpc) is 3.13. The van der Waals surface area contributed by atoms with E-state index in [1.165, 1.54) is 10.9 Å². The van der Waals surface area contributed by atoms with Gasteiger partial charge >= 0.3 is 0 Å². The van der Waals surface area contributed by atoms with E-state index in [0.717, 1.165) is 11.4 Å². The van der Waals surface area contributed by atoms with Gasteiger partial charge < -0.3 is 11.5 Å². The van der Waals surface area contributed by atoms with Gasteiger partial charge in [-0.25, -0.2) is 29.9 Å². The summed E-state index contributed by atoms with van der Waals surface area (Å²) in [7, 11) is 0. The minimum atomic E-state index is -0.201. The van der Waals surface area contributed by atoms with Gasteiger partial charge in [-0.15, -0.1) is 0 Å². The lowest BCUT2D eigenvalue weighted by atomic mass is 9.94. The number of aromatic nitrogens is 4. The quantitative estimate of drug-likeness (QED) is 0.581. The number of hydrazine groups is 1. The molecule has 6 N–H and O–H groups in total. The number of rotatable bonds is 4. The Labute approximate surface area is 161 Å². The molecule has 4 heterocycles. The predicted octanol–water partition coefficient (Wildman–Crippen LogP) is 0.0787. The maximum Gasteiger partial charge on any atom is 0.270 e. The van der Waals surface area contributed by atoms with Crippen molar-refractivity contribution in [1.82, 2.24) is 30.0 Å². The second-order valence-corrected chi connectivity index (χ2v) is 7.55. The average molecular weight is 384 g/mol. The fraction of sp³-hybridized carbons (Fsp3) is 0.471. The molecule has 2 aromatic heterocycles. The molecule has 0 radical (unpaired) electrons. The fourth-order valence-electron chi connectivity index (χ4n) is 3.73. The van der Waals surface area contributed by atoms with Gasteiger partial charge in [0.15, 0.2) is 11.5 Å². The molecular weight excluding hydrogens is 360 g/mol. The summed E-state index contributed by atoms with van der Waals surface area (Å²) in [5, 5.41) is 4.38. The maximum absolute atomic E-state index is 12.3. The summed E-state index contributed by atoms with van der Waals surface area (Å²) in [5.41, 5.74) is 17.4. The van der Waals surface area contributed by atoms with Crippen molar-refractivity contribution in [3.8, 4) is 0 Å². The topological polar surface area (TPSA) is 155 Å². The van der Waals surface area contributed by atoms with Gasteiger partial charge in [-0.1, -0.05) is 27.7 Å². The molecule has 2 aliphatic rings. The molecule has 0 aromatic carbocycles. The van der Waals surface area contributed by atoms with Crippen LogP contribution in [-0.2, 0) is 6.42 Å². The second-order valence-electron chi connectivity index (χ2n) is 7.55. The first-order chi connectivity index (χ1) is 13.3. The molecule has 1 unspecified atom stereocenters. The zero-order chi connectivity index (χ0) is 20.2. The number of nitrogens with zero attached hydrogens (tertiary/aromatic N) is 6. The monoisotopic (exact) mass is 384 g/mol. The Kier molecular flexibility index (Phi) is 4.18. The first-order valence-corrected chi connectivity index (χ1v) is 9.21. The molecule has 0 amide bonds. The SMILES string of the molecule is CC(C)C1=C2N=CN=C(N)N2NC1Cc1nc(N)n2[nH]c(=O)c(C(C)C)c2n1. The highest BCUT2D eigenvalue weighted by Gasteiger charge is 2.36. The summed E-state index contributed by atoms with van der Waals surface area (Å²) in [6, 6.07) is -0.117. The van der Waals surface area contributed by atoms with Crippen molar-refractivity contribution in [3.05, 3.63) is 33.1 Å². The lowest BCUT2D eigenvalue weighted by molar-refractivity contribution is 0.365. The summed E-state index contributed by atoms with van der Waals surface area (Å²) in [5.74, 6) is 2.05. The van der Waals surface area contributed by atoms with Crippen LogP contribution in [0.25, 0.3) is 5.65 Å². The lowest BCUT2D eigenvalue weighted by Gasteiger charge is -2.21. The first kappa shape index (κ1) is 18.2. The standard InChI is InChI=1S/C17H24N10O/c1-7(2)11-9(24-26-13(11)20-6-21-16(26)18)5-10-22-14-12(8(3)4)15(28)25-27(14)17(19)23-10/h6-9,24H,5H2,1-4H3,(H,25,28)(H2,18,20,21)(H2,19,22,23). The summed E-state index contributed by atoms with van der Waals surface area (Å²) < 4.78 is 1.43. The zero-order valence-electron chi connectivity index (χ0n) is 16.3. The number of nitrogens with one attached hydrogen (secondary N) is 2. The van der Waals surface area contributed by atoms with Crippen LogP contribution in [0.3, 0.4) is 0 Å². The van der Waals surface area contributed by atoms with Gasteiger partial charge in [-0.05, 0) is 17.4 Å². The number of hydrogen-bond acceptors (Lipinski definition) is 9. The minimum absolute atomic E-state index is 0.00757. The van der Waals surface area contributed by atoms with Crippen molar-refractivity contribution in [2.24, 2.45) is 21.6 Å². The molecule has 148 valence electrons. The number of nitrogen functional groups attached to an aromatic ring is 1. The van der Waals surface area contributed by atoms with Crippen LogP contribution < -0.4 is 22.5 Å². The third kappa shape index (κ3) is 2.74. The van der Waals surface area contributed by atoms with E-state index in [1.807, 2.05) is 13.8 Å². The Morgan fingerprint density at radius 2 is 1.93 bits per heavy atom. The lowest BCUT2D eigenvalue weighted by Crippen LogP contribution is -2.47. The van der Waals surface area contributed by atoms with E-state index in [4.69, 9.17) is 11.5 Å². The fourth-order valence-corrected chi connectivity index (χ4v) is 3.73. The van der Waals surface area contributed by atoms with E-state index in [0.29, 0.717) is 29.4 Å². The van der Waals surface area contributed by atoms with E-state index in [9.17, 15) is 4.79 Å². The summed E-state index contributed by atoms with van der Waals surface area (Å²) in [4.78, 5) is 29.7. The van der Waals surface area contributed by atoms with Crippen molar-refractivity contribution in [1.29, 1.82) is 0 Å². The molecule has 2 aliphatic heterocycles. The maximum atomic E-state index is 12.3. The summed E-state index contributed by atoms with van der Waals surface area (Å²) >= 11 is 0. The van der Waals surface area contributed by atoms with Crippen LogP contribution in [0.15, 0.2) is 26.2 Å². The Balaban J connectivity index is 1.75. The van der Waals surface area contributed by atoms with Crippen LogP contribution in [0.5, 0.6) is 0 Å². The Hall–Kier alpha value is -3.21. The molecule has 1 atom stereocenters. The zero-order valence-corrected chi connectivity index (χ0v) is 16.3. The molecule has 0 saturated carbocycles. The third-order valence-electron chi connectivity index (χ3n) is 4.93. The minimum Gasteiger partial charge on any atom is -0.368 e. The number of aromatic amines is 1. The first-order valence-electron chi connectivity index (χ1n) is 9.21. The molecule has 0 aliphatic carbocycles. The summed E-state index contributed by atoms with van der Waals surface area (Å²) in [6.45, 7) is 8.08. The van der Waals surface area contributed by atoms with Gasteiger partial charge in [0.05, 0.1) is 11.6 Å². The molecule has 0 spiro atoms. The van der Waals surface area contributed by atoms with Crippen LogP contribution in [0.1, 0.15) is 45.0 Å². The van der Waals surface area contributed by atoms with E-state index < -0.39 is 0 Å². The number of guanidine groups is 1. The molecule has 11 heteroatoms. The number of H-pyrrole nitrogens is 1. The number of fused-ring (bicyclic) bond motifs is 2. The highest BCUT2D eigenvalue weighted by Crippen LogP contribution is 2.30. The second kappa shape index (κ2) is 6.44. The van der Waals surface area contributed by atoms with Crippen molar-refractivity contribution >= 4 is 23.9 Å². The van der Waals surface area contributed by atoms with Crippen LogP contribution in [-0.4, -0.2) is 42.9 Å². The van der Waals surface area contributed by atoms with Gasteiger partial charge in [0.1, 0.15) is 12.2 Å². The Morgan fingerprint density at radius 1 is 1.18 bits per heavy atom. The predicted molar refractivity (Wildman–Crippen MR) is 107 cm³/mol. The van der Waals surface area contributed by atoms with Crippen molar-refractivity contribution in [2.45, 2.75) is 46.1 Å². The molecule has 4 rings (SSSR count). The van der Waals surface area contributed by atoms with Crippen LogP contribution in [0, 0.1) is 5.92 Å². The molecule has 11 nitrogen and oxygen atoms in total. The van der Waals surface area contributed by atoms with Crippen LogP contribution >= 0.6 is 0 Å². The number of hydrogen-bond donors (Lipinski definition) is 4. The van der Waals surface area contributed by atoms with E-state index in [-0.39, 0.29) is 29.4 Å². The smallest absolute Gasteiger partial charge is 0.270 e. The molecule has 28 heavy (non-hydrogen) atoms.